The maximum Gasteiger partial charge on any atom is 0.335 e. The highest BCUT2D eigenvalue weighted by molar-refractivity contribution is 6.33. The highest BCUT2D eigenvalue weighted by Crippen LogP contribution is 2.61. The lowest BCUT2D eigenvalue weighted by Gasteiger charge is -2.59. The lowest BCUT2D eigenvalue weighted by Crippen LogP contribution is -2.63. The number of carboxylic acids is 2. The molecule has 0 radical (unpaired) electrons. The van der Waals surface area contributed by atoms with E-state index >= 15 is 0 Å². The molecule has 1 aromatic carbocycles. The average Bonchev–Trinajstić information content (AvgIpc) is 2.70. The van der Waals surface area contributed by atoms with Gasteiger partial charge in [0.2, 0.25) is 0 Å². The Balaban J connectivity index is 1.51. The van der Waals surface area contributed by atoms with Crippen LogP contribution < -0.4 is 10.9 Å². The van der Waals surface area contributed by atoms with E-state index in [-0.39, 0.29) is 16.5 Å². The van der Waals surface area contributed by atoms with Gasteiger partial charge in [0.1, 0.15) is 5.02 Å². The van der Waals surface area contributed by atoms with Crippen molar-refractivity contribution in [2.24, 2.45) is 23.7 Å². The summed E-state index contributed by atoms with van der Waals surface area (Å²) in [5, 5.41) is 26.4. The van der Waals surface area contributed by atoms with Gasteiger partial charge in [-0.25, -0.2) is 9.48 Å². The number of nitrogens with zero attached hydrogens (tertiary/aromatic N) is 2. The van der Waals surface area contributed by atoms with Crippen LogP contribution in [0.3, 0.4) is 0 Å². The van der Waals surface area contributed by atoms with E-state index in [0.29, 0.717) is 36.1 Å². The minimum atomic E-state index is -1.03. The Hall–Kier alpha value is -2.87. The predicted octanol–water partition coefficient (Wildman–Crippen LogP) is 3.57. The molecule has 0 spiro atoms. The van der Waals surface area contributed by atoms with Gasteiger partial charge < -0.3 is 15.5 Å². The fourth-order valence-electron chi connectivity index (χ4n) is 6.42. The second-order valence-electron chi connectivity index (χ2n) is 9.12. The zero-order valence-electron chi connectivity index (χ0n) is 16.6. The molecule has 3 N–H and O–H groups in total. The standard InChI is InChI=1S/C22H22ClN3O5/c23-18-16(25-15-3-1-13(2-4-15)20(28)29)10-24-26(19(18)27)22-8-11-5-12(9-22)7-14(6-11)17(22)21(30)31/h1-4,10-12,14,17,25H,5-9H2,(H,28,29)(H,30,31)/t11-,12-,14?,17-,22?/m0/s1. The number of halogens is 1. The van der Waals surface area contributed by atoms with Gasteiger partial charge in [0.15, 0.2) is 0 Å². The van der Waals surface area contributed by atoms with Crippen molar-refractivity contribution in [2.75, 3.05) is 5.32 Å². The quantitative estimate of drug-likeness (QED) is 0.645. The van der Waals surface area contributed by atoms with Gasteiger partial charge in [0, 0.05) is 5.69 Å². The van der Waals surface area contributed by atoms with E-state index in [1.807, 2.05) is 0 Å². The van der Waals surface area contributed by atoms with Crippen LogP contribution in [0.4, 0.5) is 11.4 Å². The van der Waals surface area contributed by atoms with Crippen LogP contribution in [0.5, 0.6) is 0 Å². The highest BCUT2D eigenvalue weighted by Gasteiger charge is 2.61. The van der Waals surface area contributed by atoms with Gasteiger partial charge in [0.05, 0.1) is 28.9 Å². The van der Waals surface area contributed by atoms with Gasteiger partial charge >= 0.3 is 11.9 Å². The third kappa shape index (κ3) is 3.12. The second kappa shape index (κ2) is 7.09. The Kier molecular flexibility index (Phi) is 4.58. The maximum absolute atomic E-state index is 13.3. The molecule has 4 aliphatic rings. The second-order valence-corrected chi connectivity index (χ2v) is 9.50. The summed E-state index contributed by atoms with van der Waals surface area (Å²) in [5.74, 6) is -1.62. The highest BCUT2D eigenvalue weighted by atomic mass is 35.5. The molecule has 3 atom stereocenters. The number of aromatic nitrogens is 2. The number of aromatic carboxylic acids is 1. The van der Waals surface area contributed by atoms with Crippen LogP contribution in [0, 0.1) is 23.7 Å². The van der Waals surface area contributed by atoms with Crippen molar-refractivity contribution in [3.63, 3.8) is 0 Å². The van der Waals surface area contributed by atoms with Gasteiger partial charge in [-0.2, -0.15) is 5.10 Å². The van der Waals surface area contributed by atoms with Crippen LogP contribution >= 0.6 is 11.6 Å². The van der Waals surface area contributed by atoms with Crippen molar-refractivity contribution < 1.29 is 19.8 Å². The van der Waals surface area contributed by atoms with E-state index < -0.39 is 29.0 Å². The van der Waals surface area contributed by atoms with E-state index in [0.717, 1.165) is 19.3 Å². The largest absolute Gasteiger partial charge is 0.481 e. The monoisotopic (exact) mass is 443 g/mol. The molecule has 31 heavy (non-hydrogen) atoms. The van der Waals surface area contributed by atoms with Crippen molar-refractivity contribution in [1.82, 2.24) is 9.78 Å². The van der Waals surface area contributed by atoms with Crippen LogP contribution in [0.2, 0.25) is 5.02 Å². The number of benzene rings is 1. The number of carbonyl (C=O) groups is 2. The molecule has 162 valence electrons. The summed E-state index contributed by atoms with van der Waals surface area (Å²) >= 11 is 6.42. The molecule has 4 aliphatic carbocycles. The lowest BCUT2D eigenvalue weighted by molar-refractivity contribution is -0.168. The number of hydrogen-bond acceptors (Lipinski definition) is 5. The smallest absolute Gasteiger partial charge is 0.335 e. The molecular weight excluding hydrogens is 422 g/mol. The molecular formula is C22H22ClN3O5. The normalized spacial score (nSPS) is 30.9. The maximum atomic E-state index is 13.3. The Morgan fingerprint density at radius 3 is 2.32 bits per heavy atom. The summed E-state index contributed by atoms with van der Waals surface area (Å²) in [4.78, 5) is 36.5. The van der Waals surface area contributed by atoms with E-state index in [9.17, 15) is 19.5 Å². The number of rotatable bonds is 5. The third-order valence-electron chi connectivity index (χ3n) is 7.29. The SMILES string of the molecule is O=C(O)c1ccc(Nc2cnn(C34C[C@@H]5CC(C[C@H](C5)C3)[C@H]4C(=O)O)c(=O)c2Cl)cc1. The molecule has 4 bridgehead atoms. The van der Waals surface area contributed by atoms with Gasteiger partial charge in [-0.05, 0) is 74.1 Å². The fraction of sp³-hybridized carbons (Fsp3) is 0.455. The summed E-state index contributed by atoms with van der Waals surface area (Å²) in [6.45, 7) is 0. The van der Waals surface area contributed by atoms with Crippen molar-refractivity contribution in [3.8, 4) is 0 Å². The van der Waals surface area contributed by atoms with Crippen LogP contribution in [-0.4, -0.2) is 31.9 Å². The topological polar surface area (TPSA) is 122 Å². The molecule has 4 saturated carbocycles. The van der Waals surface area contributed by atoms with Crippen molar-refractivity contribution in [1.29, 1.82) is 0 Å². The molecule has 0 amide bonds. The first-order valence-corrected chi connectivity index (χ1v) is 10.8. The Bertz CT molecular complexity index is 1110. The molecule has 4 fully saturated rings. The fourth-order valence-corrected chi connectivity index (χ4v) is 6.60. The molecule has 0 saturated heterocycles. The van der Waals surface area contributed by atoms with Gasteiger partial charge in [-0.15, -0.1) is 0 Å². The van der Waals surface area contributed by atoms with E-state index in [2.05, 4.69) is 10.4 Å². The van der Waals surface area contributed by atoms with Crippen LogP contribution in [0.1, 0.15) is 42.5 Å². The minimum absolute atomic E-state index is 0.0582. The molecule has 8 nitrogen and oxygen atoms in total. The van der Waals surface area contributed by atoms with E-state index in [4.69, 9.17) is 16.7 Å². The molecule has 0 unspecified atom stereocenters. The van der Waals surface area contributed by atoms with Crippen molar-refractivity contribution >= 4 is 34.9 Å². The van der Waals surface area contributed by atoms with Gasteiger partial charge in [-0.3, -0.25) is 9.59 Å². The summed E-state index contributed by atoms with van der Waals surface area (Å²) in [5.41, 5.74) is -0.330. The predicted molar refractivity (Wildman–Crippen MR) is 113 cm³/mol. The zero-order chi connectivity index (χ0) is 21.9. The zero-order valence-corrected chi connectivity index (χ0v) is 17.4. The summed E-state index contributed by atoms with van der Waals surface area (Å²) in [7, 11) is 0. The van der Waals surface area contributed by atoms with Gasteiger partial charge in [0.25, 0.3) is 5.56 Å². The Morgan fingerprint density at radius 1 is 1.10 bits per heavy atom. The molecule has 6 rings (SSSR count). The van der Waals surface area contributed by atoms with Crippen LogP contribution in [0.15, 0.2) is 35.3 Å². The lowest BCUT2D eigenvalue weighted by atomic mass is 9.48. The first-order chi connectivity index (χ1) is 14.8. The van der Waals surface area contributed by atoms with Gasteiger partial charge in [-0.1, -0.05) is 11.6 Å². The number of aliphatic carboxylic acids is 1. The molecule has 0 aliphatic heterocycles. The third-order valence-corrected chi connectivity index (χ3v) is 7.66. The van der Waals surface area contributed by atoms with E-state index in [1.165, 1.54) is 23.0 Å². The minimum Gasteiger partial charge on any atom is -0.481 e. The van der Waals surface area contributed by atoms with Crippen LogP contribution in [-0.2, 0) is 10.3 Å². The Labute approximate surface area is 182 Å². The number of carboxylic acid groups (broad SMARTS) is 2. The summed E-state index contributed by atoms with van der Waals surface area (Å²) < 4.78 is 1.34. The molecule has 9 heteroatoms. The molecule has 2 aromatic rings. The number of anilines is 2. The van der Waals surface area contributed by atoms with Crippen LogP contribution in [0.25, 0.3) is 0 Å². The summed E-state index contributed by atoms with van der Waals surface area (Å²) in [6, 6.07) is 6.04. The first kappa shape index (κ1) is 20.1. The van der Waals surface area contributed by atoms with Crippen molar-refractivity contribution in [2.45, 2.75) is 37.6 Å². The average molecular weight is 444 g/mol. The first-order valence-electron chi connectivity index (χ1n) is 10.4. The Morgan fingerprint density at radius 2 is 1.74 bits per heavy atom. The number of hydrogen-bond donors (Lipinski definition) is 3. The molecule has 1 aromatic heterocycles. The molecule has 1 heterocycles. The number of nitrogens with one attached hydrogen (secondary N) is 1. The van der Waals surface area contributed by atoms with Crippen molar-refractivity contribution in [3.05, 3.63) is 51.4 Å². The summed E-state index contributed by atoms with van der Waals surface area (Å²) in [6.07, 6.45) is 5.64. The van der Waals surface area contributed by atoms with E-state index in [1.54, 1.807) is 12.1 Å².